The minimum Gasteiger partial charge on any atom is -0.457 e. The molecule has 12 heteroatoms. The second-order valence-corrected chi connectivity index (χ2v) is 4.94. The van der Waals surface area contributed by atoms with Crippen LogP contribution in [0.5, 0.6) is 6.01 Å². The van der Waals surface area contributed by atoms with Crippen LogP contribution in [0.15, 0.2) is 47.5 Å². The largest absolute Gasteiger partial charge is 0.457 e. The Balaban J connectivity index is 2.05. The van der Waals surface area contributed by atoms with Crippen LogP contribution in [-0.2, 0) is 6.18 Å². The van der Waals surface area contributed by atoms with E-state index in [9.17, 15) is 26.3 Å². The van der Waals surface area contributed by atoms with E-state index < -0.39 is 42.3 Å². The molecule has 0 fully saturated rings. The van der Waals surface area contributed by atoms with Crippen molar-refractivity contribution < 1.29 is 31.1 Å². The van der Waals surface area contributed by atoms with Gasteiger partial charge in [0.05, 0.1) is 5.56 Å². The quantitative estimate of drug-likeness (QED) is 0.518. The highest BCUT2D eigenvalue weighted by molar-refractivity contribution is 5.49. The van der Waals surface area contributed by atoms with E-state index in [4.69, 9.17) is 10.3 Å². The average Bonchev–Trinajstić information content (AvgIpc) is 2.62. The third-order valence-corrected chi connectivity index (χ3v) is 3.05. The molecule has 2 aromatic rings. The number of nitrogens with zero attached hydrogens (tertiary/aromatic N) is 3. The van der Waals surface area contributed by atoms with Crippen molar-refractivity contribution in [1.29, 1.82) is 5.53 Å². The fourth-order valence-electron chi connectivity index (χ4n) is 1.78. The fourth-order valence-corrected chi connectivity index (χ4v) is 1.78. The van der Waals surface area contributed by atoms with Gasteiger partial charge in [0, 0.05) is 18.1 Å². The maximum Gasteiger partial charge on any atom is 0.433 e. The maximum atomic E-state index is 13.2. The third-order valence-electron chi connectivity index (χ3n) is 3.05. The molecule has 0 aliphatic heterocycles. The lowest BCUT2D eigenvalue weighted by Gasteiger charge is -2.09. The van der Waals surface area contributed by atoms with Gasteiger partial charge in [0.25, 0.3) is 6.43 Å². The fraction of sp³-hybridized carbons (Fsp3) is 0.200. The Morgan fingerprint density at radius 2 is 2.04 bits per heavy atom. The van der Waals surface area contributed by atoms with Crippen molar-refractivity contribution in [1.82, 2.24) is 9.97 Å². The molecule has 27 heavy (non-hydrogen) atoms. The van der Waals surface area contributed by atoms with Crippen LogP contribution in [0.2, 0.25) is 0 Å². The van der Waals surface area contributed by atoms with E-state index in [2.05, 4.69) is 20.4 Å². The van der Waals surface area contributed by atoms with Crippen LogP contribution >= 0.6 is 0 Å². The predicted octanol–water partition coefficient (Wildman–Crippen LogP) is 4.94. The maximum absolute atomic E-state index is 13.2. The van der Waals surface area contributed by atoms with Gasteiger partial charge in [-0.05, 0) is 24.3 Å². The Morgan fingerprint density at radius 3 is 2.67 bits per heavy atom. The van der Waals surface area contributed by atoms with Gasteiger partial charge in [-0.1, -0.05) is 0 Å². The van der Waals surface area contributed by atoms with Crippen molar-refractivity contribution in [2.75, 3.05) is 11.9 Å². The van der Waals surface area contributed by atoms with Crippen LogP contribution < -0.4 is 10.1 Å². The first kappa shape index (κ1) is 20.1. The van der Waals surface area contributed by atoms with E-state index in [0.29, 0.717) is 6.07 Å². The second kappa shape index (κ2) is 8.47. The summed E-state index contributed by atoms with van der Waals surface area (Å²) in [4.78, 5) is 6.68. The van der Waals surface area contributed by atoms with Crippen LogP contribution in [0.4, 0.5) is 32.0 Å². The van der Waals surface area contributed by atoms with Crippen LogP contribution in [0.3, 0.4) is 0 Å². The van der Waals surface area contributed by atoms with Gasteiger partial charge >= 0.3 is 12.2 Å². The first-order valence-corrected chi connectivity index (χ1v) is 7.14. The van der Waals surface area contributed by atoms with E-state index in [1.54, 1.807) is 0 Å². The number of ether oxygens (including phenoxy) is 1. The number of aromatic nitrogens is 2. The predicted molar refractivity (Wildman–Crippen MR) is 80.7 cm³/mol. The summed E-state index contributed by atoms with van der Waals surface area (Å²) in [5, 5.41) is 5.60. The molecular formula is C15H11F6N5O. The van der Waals surface area contributed by atoms with E-state index in [1.165, 1.54) is 6.07 Å². The molecule has 2 rings (SSSR count). The van der Waals surface area contributed by atoms with Gasteiger partial charge in [-0.15, -0.1) is 0 Å². The molecule has 0 aliphatic carbocycles. The number of anilines is 1. The van der Waals surface area contributed by atoms with E-state index >= 15 is 0 Å². The molecule has 1 heterocycles. The highest BCUT2D eigenvalue weighted by atomic mass is 19.4. The van der Waals surface area contributed by atoms with E-state index in [-0.39, 0.29) is 11.4 Å². The minimum absolute atomic E-state index is 0.0863. The van der Waals surface area contributed by atoms with Crippen molar-refractivity contribution in [2.45, 2.75) is 12.6 Å². The molecular weight excluding hydrogens is 380 g/mol. The van der Waals surface area contributed by atoms with Crippen molar-refractivity contribution in [3.05, 3.63) is 59.4 Å². The topological polar surface area (TPSA) is 83.2 Å². The number of benzene rings is 1. The van der Waals surface area contributed by atoms with Gasteiger partial charge in [-0.25, -0.2) is 23.7 Å². The van der Waals surface area contributed by atoms with Gasteiger partial charge in [0.2, 0.25) is 0 Å². The number of halogens is 6. The van der Waals surface area contributed by atoms with E-state index in [1.807, 2.05) is 0 Å². The summed E-state index contributed by atoms with van der Waals surface area (Å²) >= 11 is 0. The molecule has 0 aliphatic rings. The van der Waals surface area contributed by atoms with Gasteiger partial charge < -0.3 is 10.1 Å². The lowest BCUT2D eigenvalue weighted by Crippen LogP contribution is -2.11. The first-order chi connectivity index (χ1) is 12.7. The highest BCUT2D eigenvalue weighted by Crippen LogP contribution is 2.28. The zero-order valence-electron chi connectivity index (χ0n) is 13.3. The lowest BCUT2D eigenvalue weighted by molar-refractivity contribution is -0.141. The Labute approximate surface area is 148 Å². The van der Waals surface area contributed by atoms with Crippen molar-refractivity contribution in [3.8, 4) is 6.01 Å². The Morgan fingerprint density at radius 1 is 1.30 bits per heavy atom. The van der Waals surface area contributed by atoms with Crippen molar-refractivity contribution >= 4 is 5.69 Å². The molecule has 2 N–H and O–H groups in total. The summed E-state index contributed by atoms with van der Waals surface area (Å²) in [6.45, 7) is -0.472. The number of hydrogen-bond acceptors (Lipinski definition) is 6. The van der Waals surface area contributed by atoms with Gasteiger partial charge in [-0.3, -0.25) is 0 Å². The molecule has 0 saturated heterocycles. The van der Waals surface area contributed by atoms with Crippen LogP contribution in [0.25, 0.3) is 0 Å². The molecule has 0 unspecified atom stereocenters. The third kappa shape index (κ3) is 5.66. The monoisotopic (exact) mass is 391 g/mol. The summed E-state index contributed by atoms with van der Waals surface area (Å²) in [6.07, 6.45) is -5.75. The van der Waals surface area contributed by atoms with Gasteiger partial charge in [0.1, 0.15) is 18.1 Å². The van der Waals surface area contributed by atoms with Gasteiger partial charge in [0.15, 0.2) is 5.69 Å². The molecule has 0 saturated carbocycles. The Kier molecular flexibility index (Phi) is 6.32. The minimum atomic E-state index is -4.67. The van der Waals surface area contributed by atoms with Crippen LogP contribution in [0.1, 0.15) is 17.7 Å². The average molecular weight is 391 g/mol. The summed E-state index contributed by atoms with van der Waals surface area (Å²) in [5.41, 5.74) is 4.97. The molecule has 6 nitrogen and oxygen atoms in total. The molecule has 0 radical (unpaired) electrons. The molecule has 1 aromatic carbocycles. The second-order valence-electron chi connectivity index (χ2n) is 4.94. The summed E-state index contributed by atoms with van der Waals surface area (Å²) in [6, 6.07) is 2.96. The molecule has 144 valence electrons. The molecule has 0 spiro atoms. The lowest BCUT2D eigenvalue weighted by atomic mass is 10.2. The smallest absolute Gasteiger partial charge is 0.433 e. The molecule has 1 aromatic heterocycles. The molecule has 0 amide bonds. The summed E-state index contributed by atoms with van der Waals surface area (Å²) < 4.78 is 81.2. The van der Waals surface area contributed by atoms with Crippen LogP contribution in [-0.4, -0.2) is 16.6 Å². The zero-order chi connectivity index (χ0) is 20.0. The standard InChI is InChI=1S/C15H11F6N5O/c16-11-2-1-8(5-10(11)13(17)18)24-6-9(26-22)7-27-14-23-4-3-12(25-14)15(19,20)21/h1-6,13,22,24H,7H2/b9-6-,26-22?. The zero-order valence-corrected chi connectivity index (χ0v) is 13.3. The van der Waals surface area contributed by atoms with Crippen molar-refractivity contribution in [3.63, 3.8) is 0 Å². The van der Waals surface area contributed by atoms with Gasteiger partial charge in [-0.2, -0.15) is 23.3 Å². The molecule has 0 atom stereocenters. The number of hydrogen-bond donors (Lipinski definition) is 2. The Bertz CT molecular complexity index is 840. The SMILES string of the molecule is N=N/C(=C\Nc1ccc(F)c(C(F)F)c1)COc1nccc(C(F)(F)F)n1. The number of rotatable bonds is 7. The Hall–Kier alpha value is -3.18. The first-order valence-electron chi connectivity index (χ1n) is 7.14. The van der Waals surface area contributed by atoms with Crippen LogP contribution in [0, 0.1) is 11.3 Å². The molecule has 0 bridgehead atoms. The number of alkyl halides is 5. The number of nitrogens with one attached hydrogen (secondary N) is 2. The van der Waals surface area contributed by atoms with E-state index in [0.717, 1.165) is 24.5 Å². The summed E-state index contributed by atoms with van der Waals surface area (Å²) in [7, 11) is 0. The van der Waals surface area contributed by atoms with Crippen molar-refractivity contribution in [2.24, 2.45) is 5.11 Å². The highest BCUT2D eigenvalue weighted by Gasteiger charge is 2.33. The summed E-state index contributed by atoms with van der Waals surface area (Å²) in [5.74, 6) is -1.07. The normalized spacial score (nSPS) is 12.2.